The van der Waals surface area contributed by atoms with E-state index in [0.29, 0.717) is 0 Å². The summed E-state index contributed by atoms with van der Waals surface area (Å²) in [6.07, 6.45) is 0. The van der Waals surface area contributed by atoms with Crippen LogP contribution in [-0.2, 0) is 23.3 Å². The second kappa shape index (κ2) is 2.91. The Balaban J connectivity index is 0. The fourth-order valence-electron chi connectivity index (χ4n) is 0. The first kappa shape index (κ1) is 9.95. The molecule has 0 amide bonds. The first-order chi connectivity index (χ1) is 2.00. The standard InChI is InChI=1S/Mn.H2O4Te/c;1-5(2,3)4/h;(H2,1,2,3,4)/q+2;/p-2. The third kappa shape index (κ3) is 103. The van der Waals surface area contributed by atoms with Gasteiger partial charge in [0.15, 0.2) is 0 Å². The maximum atomic E-state index is 8.63. The predicted octanol–water partition coefficient (Wildman–Crippen LogP) is -3.00. The van der Waals surface area contributed by atoms with Crippen LogP contribution in [0.3, 0.4) is 0 Å². The van der Waals surface area contributed by atoms with Crippen LogP contribution in [-0.4, -0.2) is 19.0 Å². The van der Waals surface area contributed by atoms with Crippen molar-refractivity contribution in [2.45, 2.75) is 0 Å². The predicted molar refractivity (Wildman–Crippen MR) is 7.13 cm³/mol. The quantitative estimate of drug-likeness (QED) is 0.427. The molecule has 37 valence electrons. The number of hydrogen-bond donors (Lipinski definition) is 0. The summed E-state index contributed by atoms with van der Waals surface area (Å²) in [4.78, 5) is 0. The van der Waals surface area contributed by atoms with Gasteiger partial charge in [-0.1, -0.05) is 0 Å². The summed E-state index contributed by atoms with van der Waals surface area (Å²) in [5, 5.41) is 0. The third-order valence-electron chi connectivity index (χ3n) is 0. The van der Waals surface area contributed by atoms with Crippen LogP contribution in [0.25, 0.3) is 0 Å². The Morgan fingerprint density at radius 3 is 1.17 bits per heavy atom. The molecule has 0 aliphatic heterocycles. The molecule has 0 aromatic rings. The molecule has 0 unspecified atom stereocenters. The van der Waals surface area contributed by atoms with Gasteiger partial charge in [-0.2, -0.15) is 0 Å². The van der Waals surface area contributed by atoms with Gasteiger partial charge in [-0.3, -0.25) is 0 Å². The van der Waals surface area contributed by atoms with E-state index >= 15 is 0 Å². The zero-order valence-corrected chi connectivity index (χ0v) is 5.93. The molecule has 0 fully saturated rings. The van der Waals surface area contributed by atoms with Gasteiger partial charge in [0, 0.05) is 0 Å². The van der Waals surface area contributed by atoms with Crippen LogP contribution in [0.5, 0.6) is 0 Å². The van der Waals surface area contributed by atoms with Gasteiger partial charge in [0.25, 0.3) is 0 Å². The molecule has 6 heavy (non-hydrogen) atoms. The van der Waals surface area contributed by atoms with Crippen LogP contribution < -0.4 is 6.94 Å². The van der Waals surface area contributed by atoms with E-state index in [2.05, 4.69) is 0 Å². The minimum absolute atomic E-state index is 0. The molecule has 0 aliphatic rings. The fraction of sp³-hybridized carbons (Fsp3) is 0. The van der Waals surface area contributed by atoms with E-state index in [0.717, 1.165) is 0 Å². The molecule has 0 heterocycles. The van der Waals surface area contributed by atoms with E-state index in [1.807, 2.05) is 0 Å². The van der Waals surface area contributed by atoms with Crippen LogP contribution in [0, 0.1) is 0 Å². The molecule has 0 saturated carbocycles. The monoisotopic (exact) mass is 249 g/mol. The smallest absolute Gasteiger partial charge is 2.00 e. The van der Waals surface area contributed by atoms with E-state index < -0.39 is 19.0 Å². The van der Waals surface area contributed by atoms with E-state index in [4.69, 9.17) is 13.2 Å². The summed E-state index contributed by atoms with van der Waals surface area (Å²) in [6.45, 7) is 0. The minimum Gasteiger partial charge on any atom is 2.00 e. The Morgan fingerprint density at radius 2 is 1.17 bits per heavy atom. The van der Waals surface area contributed by atoms with Crippen LogP contribution in [0.2, 0.25) is 0 Å². The van der Waals surface area contributed by atoms with Gasteiger partial charge in [0.1, 0.15) is 0 Å². The van der Waals surface area contributed by atoms with Crippen LogP contribution in [0.1, 0.15) is 0 Å². The second-order valence-corrected chi connectivity index (χ2v) is 2.74. The Bertz CT molecular complexity index is 90.7. The number of hydrogen-bond acceptors (Lipinski definition) is 4. The molecule has 0 bridgehead atoms. The molecular weight excluding hydrogens is 247 g/mol. The van der Waals surface area contributed by atoms with Crippen molar-refractivity contribution < 1.29 is 30.2 Å². The summed E-state index contributed by atoms with van der Waals surface area (Å²) in [5.41, 5.74) is 0. The van der Waals surface area contributed by atoms with Gasteiger partial charge in [-0.25, -0.2) is 0 Å². The topological polar surface area (TPSA) is 80.3 Å². The first-order valence-electron chi connectivity index (χ1n) is 0.667. The van der Waals surface area contributed by atoms with Crippen molar-refractivity contribution in [2.75, 3.05) is 0 Å². The van der Waals surface area contributed by atoms with E-state index in [9.17, 15) is 0 Å². The maximum absolute atomic E-state index is 8.63. The number of rotatable bonds is 0. The summed E-state index contributed by atoms with van der Waals surface area (Å²) in [6, 6.07) is 0. The Morgan fingerprint density at radius 1 is 1.17 bits per heavy atom. The molecule has 0 aromatic carbocycles. The van der Waals surface area contributed by atoms with Gasteiger partial charge in [-0.15, -0.1) is 0 Å². The molecule has 1 radical (unpaired) electrons. The van der Waals surface area contributed by atoms with Crippen molar-refractivity contribution in [1.29, 1.82) is 0 Å². The van der Waals surface area contributed by atoms with Crippen LogP contribution >= 0.6 is 0 Å². The van der Waals surface area contributed by atoms with Crippen molar-refractivity contribution in [3.63, 3.8) is 0 Å². The maximum Gasteiger partial charge on any atom is 2.00 e. The average Bonchev–Trinajstić information content (AvgIpc) is 0.722. The summed E-state index contributed by atoms with van der Waals surface area (Å²) < 4.78 is 34.5. The molecule has 0 atom stereocenters. The Kier molecular flexibility index (Phi) is 4.83. The van der Waals surface area contributed by atoms with Gasteiger partial charge in [0.2, 0.25) is 0 Å². The normalized spacial score (nSPS) is 9.67. The molecule has 4 nitrogen and oxygen atoms in total. The van der Waals surface area contributed by atoms with Crippen molar-refractivity contribution in [3.05, 3.63) is 0 Å². The van der Waals surface area contributed by atoms with E-state index in [-0.39, 0.29) is 17.1 Å². The van der Waals surface area contributed by atoms with E-state index in [1.54, 1.807) is 0 Å². The summed E-state index contributed by atoms with van der Waals surface area (Å²) >= 11 is -6.02. The second-order valence-electron chi connectivity index (χ2n) is 0.408. The first-order valence-corrected chi connectivity index (χ1v) is 4.47. The zero-order valence-electron chi connectivity index (χ0n) is 2.42. The van der Waals surface area contributed by atoms with Crippen molar-refractivity contribution in [1.82, 2.24) is 0 Å². The van der Waals surface area contributed by atoms with Crippen molar-refractivity contribution >= 4 is 19.0 Å². The Labute approximate surface area is 49.3 Å². The summed E-state index contributed by atoms with van der Waals surface area (Å²) in [5.74, 6) is 0. The van der Waals surface area contributed by atoms with Gasteiger partial charge < -0.3 is 0 Å². The van der Waals surface area contributed by atoms with Crippen molar-refractivity contribution in [2.24, 2.45) is 0 Å². The fourth-order valence-corrected chi connectivity index (χ4v) is 0. The molecule has 0 N–H and O–H groups in total. The SMILES string of the molecule is O=[Te](=O)([O-])[O-].[Mn+2]. The molecule has 0 saturated heterocycles. The minimum atomic E-state index is -6.02. The van der Waals surface area contributed by atoms with Gasteiger partial charge in [-0.05, 0) is 0 Å². The van der Waals surface area contributed by atoms with Gasteiger partial charge >= 0.3 is 49.2 Å². The van der Waals surface area contributed by atoms with Crippen LogP contribution in [0.4, 0.5) is 0 Å². The summed E-state index contributed by atoms with van der Waals surface area (Å²) in [7, 11) is 0. The average molecular weight is 247 g/mol. The van der Waals surface area contributed by atoms with E-state index in [1.165, 1.54) is 0 Å². The van der Waals surface area contributed by atoms with Gasteiger partial charge in [0.05, 0.1) is 0 Å². The van der Waals surface area contributed by atoms with Crippen LogP contribution in [0.15, 0.2) is 0 Å². The third-order valence-corrected chi connectivity index (χ3v) is 0. The molecular formula is MnO4Te. The molecule has 0 aliphatic carbocycles. The largest absolute Gasteiger partial charge is 2.00 e. The molecule has 0 spiro atoms. The molecule has 0 aromatic heterocycles. The Hall–Kier alpha value is 0.829. The molecule has 0 rings (SSSR count). The molecule has 6 heteroatoms. The zero-order chi connectivity index (χ0) is 4.50. The van der Waals surface area contributed by atoms with Crippen molar-refractivity contribution in [3.8, 4) is 0 Å².